The van der Waals surface area contributed by atoms with Crippen molar-refractivity contribution < 1.29 is 23.7 Å². The quantitative estimate of drug-likeness (QED) is 0.318. The van der Waals surface area contributed by atoms with Crippen LogP contribution in [0.25, 0.3) is 0 Å². The van der Waals surface area contributed by atoms with Crippen LogP contribution in [0, 0.1) is 0 Å². The van der Waals surface area contributed by atoms with Crippen LogP contribution in [0.1, 0.15) is 0 Å². The van der Waals surface area contributed by atoms with Gasteiger partial charge in [-0.25, -0.2) is 4.72 Å². The van der Waals surface area contributed by atoms with Crippen LogP contribution in [0.5, 0.6) is 0 Å². The second kappa shape index (κ2) is 4.84. The number of hydrogen-bond acceptors (Lipinski definition) is 5. The van der Waals surface area contributed by atoms with Crippen molar-refractivity contribution in [1.29, 1.82) is 0 Å². The first-order chi connectivity index (χ1) is 5.95. The Labute approximate surface area is 76.6 Å². The summed E-state index contributed by atoms with van der Waals surface area (Å²) in [5, 5.41) is 26.3. The molecule has 0 fully saturated rings. The number of aliphatic hydroxyl groups is 3. The Kier molecular flexibility index (Phi) is 4.75. The van der Waals surface area contributed by atoms with Gasteiger partial charge in [0.05, 0.1) is 19.8 Å². The van der Waals surface area contributed by atoms with Gasteiger partial charge in [0.15, 0.2) is 0 Å². The zero-order valence-corrected chi connectivity index (χ0v) is 8.00. The van der Waals surface area contributed by atoms with E-state index >= 15 is 0 Å². The Balaban J connectivity index is 4.61. The molecule has 0 aromatic rings. The number of nitrogens with one attached hydrogen (secondary N) is 2. The van der Waals surface area contributed by atoms with Crippen LogP contribution in [0.4, 0.5) is 0 Å². The van der Waals surface area contributed by atoms with Gasteiger partial charge in [0.25, 0.3) is 10.2 Å². The zero-order chi connectivity index (χ0) is 10.5. The topological polar surface area (TPSA) is 119 Å². The maximum Gasteiger partial charge on any atom is 0.277 e. The summed E-state index contributed by atoms with van der Waals surface area (Å²) in [6, 6.07) is 0. The van der Waals surface area contributed by atoms with Crippen LogP contribution in [0.15, 0.2) is 0 Å². The van der Waals surface area contributed by atoms with Crippen molar-refractivity contribution in [3.63, 3.8) is 0 Å². The highest BCUT2D eigenvalue weighted by atomic mass is 32.2. The van der Waals surface area contributed by atoms with Crippen LogP contribution >= 0.6 is 0 Å². The van der Waals surface area contributed by atoms with Crippen LogP contribution in [-0.2, 0) is 10.2 Å². The first-order valence-electron chi connectivity index (χ1n) is 3.50. The summed E-state index contributed by atoms with van der Waals surface area (Å²) in [7, 11) is -2.63. The van der Waals surface area contributed by atoms with Crippen molar-refractivity contribution in [2.24, 2.45) is 0 Å². The predicted octanol–water partition coefficient (Wildman–Crippen LogP) is -3.24. The van der Waals surface area contributed by atoms with E-state index < -0.39 is 35.6 Å². The molecule has 0 saturated heterocycles. The van der Waals surface area contributed by atoms with Crippen molar-refractivity contribution in [3.05, 3.63) is 0 Å². The van der Waals surface area contributed by atoms with Gasteiger partial charge in [0.2, 0.25) is 0 Å². The smallest absolute Gasteiger partial charge is 0.277 e. The molecule has 0 rings (SSSR count). The molecule has 13 heavy (non-hydrogen) atoms. The van der Waals surface area contributed by atoms with Gasteiger partial charge >= 0.3 is 0 Å². The lowest BCUT2D eigenvalue weighted by molar-refractivity contribution is 0.0580. The fraction of sp³-hybridized carbons (Fsp3) is 1.00. The average Bonchev–Trinajstić information content (AvgIpc) is 2.14. The van der Waals surface area contributed by atoms with Crippen molar-refractivity contribution >= 4 is 10.2 Å². The third kappa shape index (κ3) is 3.55. The molecule has 0 saturated carbocycles. The summed E-state index contributed by atoms with van der Waals surface area (Å²) >= 11 is 0. The van der Waals surface area contributed by atoms with E-state index in [9.17, 15) is 8.42 Å². The fourth-order valence-corrected chi connectivity index (χ4v) is 1.45. The average molecular weight is 214 g/mol. The van der Waals surface area contributed by atoms with Crippen molar-refractivity contribution in [1.82, 2.24) is 9.44 Å². The Morgan fingerprint density at radius 3 is 1.77 bits per heavy atom. The minimum atomic E-state index is -3.79. The van der Waals surface area contributed by atoms with Gasteiger partial charge in [0.1, 0.15) is 5.54 Å². The number of rotatable bonds is 6. The zero-order valence-electron chi connectivity index (χ0n) is 7.19. The summed E-state index contributed by atoms with van der Waals surface area (Å²) < 4.78 is 25.7. The summed E-state index contributed by atoms with van der Waals surface area (Å²) in [4.78, 5) is 0. The number of hydrogen-bond donors (Lipinski definition) is 5. The Morgan fingerprint density at radius 2 is 1.54 bits per heavy atom. The monoisotopic (exact) mass is 214 g/mol. The molecule has 0 aromatic heterocycles. The van der Waals surface area contributed by atoms with Crippen LogP contribution in [-0.4, -0.2) is 56.1 Å². The Hall–Kier alpha value is -0.250. The van der Waals surface area contributed by atoms with E-state index in [1.54, 1.807) is 0 Å². The SMILES string of the molecule is CNS(=O)(=O)NC(CO)(CO)CO. The highest BCUT2D eigenvalue weighted by molar-refractivity contribution is 7.87. The van der Waals surface area contributed by atoms with E-state index in [-0.39, 0.29) is 0 Å². The lowest BCUT2D eigenvalue weighted by Crippen LogP contribution is -2.58. The van der Waals surface area contributed by atoms with E-state index in [4.69, 9.17) is 15.3 Å². The van der Waals surface area contributed by atoms with E-state index in [0.29, 0.717) is 0 Å². The minimum Gasteiger partial charge on any atom is -0.394 e. The standard InChI is InChI=1S/C5H14N2O5S/c1-6-13(11,12)7-5(2-8,3-9)4-10/h6-10H,2-4H2,1H3. The summed E-state index contributed by atoms with van der Waals surface area (Å²) in [6.07, 6.45) is 0. The van der Waals surface area contributed by atoms with Crippen molar-refractivity contribution in [2.45, 2.75) is 5.54 Å². The van der Waals surface area contributed by atoms with Gasteiger partial charge < -0.3 is 15.3 Å². The maximum atomic E-state index is 10.9. The van der Waals surface area contributed by atoms with Gasteiger partial charge in [-0.3, -0.25) is 0 Å². The third-order valence-electron chi connectivity index (χ3n) is 1.53. The van der Waals surface area contributed by atoms with E-state index in [1.165, 1.54) is 7.05 Å². The van der Waals surface area contributed by atoms with E-state index in [1.807, 2.05) is 9.44 Å². The molecule has 0 atom stereocenters. The van der Waals surface area contributed by atoms with Gasteiger partial charge in [-0.05, 0) is 0 Å². The van der Waals surface area contributed by atoms with Gasteiger partial charge in [-0.1, -0.05) is 0 Å². The van der Waals surface area contributed by atoms with E-state index in [2.05, 4.69) is 0 Å². The van der Waals surface area contributed by atoms with Gasteiger partial charge in [-0.15, -0.1) is 0 Å². The van der Waals surface area contributed by atoms with Crippen LogP contribution < -0.4 is 9.44 Å². The molecule has 0 aromatic carbocycles. The predicted molar refractivity (Wildman–Crippen MR) is 45.1 cm³/mol. The molecule has 80 valence electrons. The highest BCUT2D eigenvalue weighted by Crippen LogP contribution is 2.02. The molecular weight excluding hydrogens is 200 g/mol. The molecule has 0 radical (unpaired) electrons. The lowest BCUT2D eigenvalue weighted by Gasteiger charge is -2.27. The lowest BCUT2D eigenvalue weighted by atomic mass is 10.1. The Bertz CT molecular complexity index is 227. The largest absolute Gasteiger partial charge is 0.394 e. The Morgan fingerprint density at radius 1 is 1.15 bits per heavy atom. The summed E-state index contributed by atoms with van der Waals surface area (Å²) in [5.41, 5.74) is -1.62. The van der Waals surface area contributed by atoms with Crippen LogP contribution in [0.2, 0.25) is 0 Å². The molecular formula is C5H14N2O5S. The molecule has 0 aliphatic carbocycles. The van der Waals surface area contributed by atoms with Crippen molar-refractivity contribution in [3.8, 4) is 0 Å². The molecule has 0 aliphatic heterocycles. The molecule has 0 spiro atoms. The third-order valence-corrected chi connectivity index (χ3v) is 2.77. The first-order valence-corrected chi connectivity index (χ1v) is 4.98. The van der Waals surface area contributed by atoms with Crippen LogP contribution in [0.3, 0.4) is 0 Å². The highest BCUT2D eigenvalue weighted by Gasteiger charge is 2.32. The molecule has 0 aliphatic rings. The summed E-state index contributed by atoms with van der Waals surface area (Å²) in [6.45, 7) is -2.08. The molecule has 0 amide bonds. The maximum absolute atomic E-state index is 10.9. The van der Waals surface area contributed by atoms with E-state index in [0.717, 1.165) is 0 Å². The van der Waals surface area contributed by atoms with Gasteiger partial charge in [0, 0.05) is 7.05 Å². The molecule has 0 heterocycles. The number of aliphatic hydroxyl groups excluding tert-OH is 3. The molecule has 0 unspecified atom stereocenters. The second-order valence-corrected chi connectivity index (χ2v) is 4.18. The molecule has 7 nitrogen and oxygen atoms in total. The molecule has 5 N–H and O–H groups in total. The minimum absolute atomic E-state index is 0.694. The van der Waals surface area contributed by atoms with Gasteiger partial charge in [-0.2, -0.15) is 13.1 Å². The second-order valence-electron chi connectivity index (χ2n) is 2.56. The molecule has 8 heteroatoms. The molecule has 0 bridgehead atoms. The first kappa shape index (κ1) is 12.8. The van der Waals surface area contributed by atoms with Crippen molar-refractivity contribution in [2.75, 3.05) is 26.9 Å². The summed E-state index contributed by atoms with van der Waals surface area (Å²) in [5.74, 6) is 0. The normalized spacial score (nSPS) is 13.2. The fourth-order valence-electron chi connectivity index (χ4n) is 0.583.